The molecule has 0 saturated carbocycles. The van der Waals surface area contributed by atoms with Crippen LogP contribution >= 0.6 is 11.6 Å². The van der Waals surface area contributed by atoms with E-state index in [1.165, 1.54) is 9.36 Å². The van der Waals surface area contributed by atoms with Crippen molar-refractivity contribution in [2.75, 3.05) is 0 Å². The van der Waals surface area contributed by atoms with Gasteiger partial charge in [-0.2, -0.15) is 9.36 Å². The molecule has 3 aromatic carbocycles. The van der Waals surface area contributed by atoms with E-state index in [2.05, 4.69) is 15.6 Å². The van der Waals surface area contributed by atoms with Gasteiger partial charge in [-0.25, -0.2) is 4.79 Å². The number of rotatable bonds is 8. The van der Waals surface area contributed by atoms with Crippen LogP contribution in [0.1, 0.15) is 34.7 Å². The first-order chi connectivity index (χ1) is 16.8. The van der Waals surface area contributed by atoms with Crippen LogP contribution in [0.2, 0.25) is 5.02 Å². The first-order valence-corrected chi connectivity index (χ1v) is 11.4. The average molecular weight is 492 g/mol. The Hall–Kier alpha value is -3.91. The summed E-state index contributed by atoms with van der Waals surface area (Å²) in [7, 11) is 1.57. The molecule has 0 spiro atoms. The molecule has 0 aliphatic rings. The zero-order valence-corrected chi connectivity index (χ0v) is 20.8. The van der Waals surface area contributed by atoms with Crippen molar-refractivity contribution in [2.45, 2.75) is 34.0 Å². The summed E-state index contributed by atoms with van der Waals surface area (Å²) in [5.41, 5.74) is 5.79. The van der Waals surface area contributed by atoms with E-state index in [0.717, 1.165) is 39.3 Å². The second-order valence-electron chi connectivity index (χ2n) is 8.22. The number of hydrogen-bond donors (Lipinski definition) is 0. The number of oxime groups is 1. The van der Waals surface area contributed by atoms with Crippen LogP contribution in [-0.4, -0.2) is 25.5 Å². The van der Waals surface area contributed by atoms with E-state index in [9.17, 15) is 4.79 Å². The van der Waals surface area contributed by atoms with E-state index < -0.39 is 0 Å². The molecule has 0 aliphatic heterocycles. The van der Waals surface area contributed by atoms with Gasteiger partial charge in [0.05, 0.1) is 11.4 Å². The second kappa shape index (κ2) is 10.6. The molecule has 0 saturated heterocycles. The molecule has 0 radical (unpaired) electrons. The molecular weight excluding hydrogens is 466 g/mol. The van der Waals surface area contributed by atoms with Gasteiger partial charge >= 0.3 is 5.69 Å². The van der Waals surface area contributed by atoms with Crippen molar-refractivity contribution >= 4 is 17.3 Å². The highest BCUT2D eigenvalue weighted by atomic mass is 35.5. The van der Waals surface area contributed by atoms with Gasteiger partial charge in [-0.1, -0.05) is 41.0 Å². The van der Waals surface area contributed by atoms with Gasteiger partial charge < -0.3 is 9.57 Å². The van der Waals surface area contributed by atoms with Crippen LogP contribution in [-0.2, 0) is 25.1 Å². The fourth-order valence-electron chi connectivity index (χ4n) is 3.61. The first kappa shape index (κ1) is 24.2. The van der Waals surface area contributed by atoms with Crippen molar-refractivity contribution in [1.29, 1.82) is 0 Å². The van der Waals surface area contributed by atoms with E-state index in [0.29, 0.717) is 17.3 Å². The van der Waals surface area contributed by atoms with E-state index in [4.69, 9.17) is 21.2 Å². The van der Waals surface area contributed by atoms with E-state index >= 15 is 0 Å². The van der Waals surface area contributed by atoms with Gasteiger partial charge in [0.15, 0.2) is 0 Å². The van der Waals surface area contributed by atoms with E-state index in [-0.39, 0.29) is 12.3 Å². The van der Waals surface area contributed by atoms with Gasteiger partial charge in [0.1, 0.15) is 19.0 Å². The Morgan fingerprint density at radius 3 is 2.51 bits per heavy atom. The number of benzene rings is 3. The topological polar surface area (TPSA) is 83.5 Å². The van der Waals surface area contributed by atoms with Crippen LogP contribution in [0.25, 0.3) is 5.69 Å². The van der Waals surface area contributed by atoms with Crippen LogP contribution in [0.3, 0.4) is 0 Å². The molecule has 0 unspecified atom stereocenters. The minimum Gasteiger partial charge on any atom is -0.489 e. The Morgan fingerprint density at radius 2 is 1.80 bits per heavy atom. The molecule has 0 N–H and O–H groups in total. The second-order valence-corrected chi connectivity index (χ2v) is 8.65. The fraction of sp³-hybridized carbons (Fsp3) is 0.231. The highest BCUT2D eigenvalue weighted by molar-refractivity contribution is 6.30. The van der Waals surface area contributed by atoms with Crippen molar-refractivity contribution in [1.82, 2.24) is 19.8 Å². The minimum absolute atomic E-state index is 0.279. The van der Waals surface area contributed by atoms with Crippen LogP contribution in [0.15, 0.2) is 70.6 Å². The standard InChI is InChI=1S/C26H26ClN5O3/c1-17-7-5-10-24(32-26(33)31(4)29-30-32)23(17)16-34-25-12-11-21(13-18(25)2)19(3)28-35-15-20-8-6-9-22(27)14-20/h5-14H,15-16H2,1-4H3/b28-19-. The lowest BCUT2D eigenvalue weighted by molar-refractivity contribution is 0.130. The molecule has 9 heteroatoms. The molecule has 8 nitrogen and oxygen atoms in total. The lowest BCUT2D eigenvalue weighted by atomic mass is 10.1. The Kier molecular flexibility index (Phi) is 7.31. The van der Waals surface area contributed by atoms with Crippen LogP contribution in [0.5, 0.6) is 5.75 Å². The molecule has 4 rings (SSSR count). The molecule has 1 aromatic heterocycles. The molecule has 35 heavy (non-hydrogen) atoms. The lowest BCUT2D eigenvalue weighted by Crippen LogP contribution is -2.23. The summed E-state index contributed by atoms with van der Waals surface area (Å²) in [5, 5.41) is 12.7. The number of aryl methyl sites for hydroxylation is 3. The summed E-state index contributed by atoms with van der Waals surface area (Å²) in [6, 6.07) is 19.0. The highest BCUT2D eigenvalue weighted by Crippen LogP contribution is 2.24. The largest absolute Gasteiger partial charge is 0.489 e. The Labute approximate surface area is 208 Å². The molecule has 0 aliphatic carbocycles. The minimum atomic E-state index is -0.315. The van der Waals surface area contributed by atoms with Crippen LogP contribution < -0.4 is 10.4 Å². The van der Waals surface area contributed by atoms with E-state index in [1.54, 1.807) is 7.05 Å². The number of halogens is 1. The van der Waals surface area contributed by atoms with Gasteiger partial charge in [0, 0.05) is 17.6 Å². The maximum Gasteiger partial charge on any atom is 0.368 e. The van der Waals surface area contributed by atoms with Gasteiger partial charge in [0.25, 0.3) is 0 Å². The normalized spacial score (nSPS) is 11.5. The average Bonchev–Trinajstić information content (AvgIpc) is 3.16. The molecule has 1 heterocycles. The summed E-state index contributed by atoms with van der Waals surface area (Å²) in [5.74, 6) is 0.738. The van der Waals surface area contributed by atoms with Crippen molar-refractivity contribution < 1.29 is 9.57 Å². The number of hydrogen-bond acceptors (Lipinski definition) is 6. The van der Waals surface area contributed by atoms with Crippen molar-refractivity contribution in [2.24, 2.45) is 12.2 Å². The first-order valence-electron chi connectivity index (χ1n) is 11.1. The van der Waals surface area contributed by atoms with Gasteiger partial charge in [0.2, 0.25) is 0 Å². The summed E-state index contributed by atoms with van der Waals surface area (Å²) in [6.07, 6.45) is 0. The van der Waals surface area contributed by atoms with Gasteiger partial charge in [-0.05, 0) is 89.8 Å². The van der Waals surface area contributed by atoms with E-state index in [1.807, 2.05) is 81.4 Å². The zero-order valence-electron chi connectivity index (χ0n) is 20.0. The third-order valence-corrected chi connectivity index (χ3v) is 5.86. The number of aromatic nitrogens is 4. The summed E-state index contributed by atoms with van der Waals surface area (Å²) in [6.45, 7) is 6.46. The SMILES string of the molecule is C/C(=N/OCc1cccc(Cl)c1)c1ccc(OCc2c(C)cccc2-n2nnn(C)c2=O)c(C)c1. The maximum absolute atomic E-state index is 12.4. The number of tetrazole rings is 1. The molecule has 0 fully saturated rings. The molecule has 0 bridgehead atoms. The summed E-state index contributed by atoms with van der Waals surface area (Å²) >= 11 is 6.01. The molecule has 4 aromatic rings. The Bertz CT molecular complexity index is 1440. The zero-order chi connectivity index (χ0) is 24.9. The molecular formula is C26H26ClN5O3. The van der Waals surface area contributed by atoms with Crippen molar-refractivity contribution in [3.05, 3.63) is 104 Å². The molecule has 0 amide bonds. The van der Waals surface area contributed by atoms with Gasteiger partial charge in [-0.3, -0.25) is 0 Å². The Balaban J connectivity index is 1.46. The number of nitrogens with zero attached hydrogens (tertiary/aromatic N) is 5. The fourth-order valence-corrected chi connectivity index (χ4v) is 3.82. The quantitative estimate of drug-likeness (QED) is 0.262. The van der Waals surface area contributed by atoms with Crippen LogP contribution in [0.4, 0.5) is 0 Å². The third kappa shape index (κ3) is 5.60. The molecule has 0 atom stereocenters. The summed E-state index contributed by atoms with van der Waals surface area (Å²) in [4.78, 5) is 17.9. The predicted molar refractivity (Wildman–Crippen MR) is 135 cm³/mol. The predicted octanol–water partition coefficient (Wildman–Crippen LogP) is 4.76. The highest BCUT2D eigenvalue weighted by Gasteiger charge is 2.14. The lowest BCUT2D eigenvalue weighted by Gasteiger charge is -2.15. The Morgan fingerprint density at radius 1 is 1.00 bits per heavy atom. The summed E-state index contributed by atoms with van der Waals surface area (Å²) < 4.78 is 8.62. The smallest absolute Gasteiger partial charge is 0.368 e. The maximum atomic E-state index is 12.4. The third-order valence-electron chi connectivity index (χ3n) is 5.62. The van der Waals surface area contributed by atoms with Crippen molar-refractivity contribution in [3.8, 4) is 11.4 Å². The van der Waals surface area contributed by atoms with Gasteiger partial charge in [-0.15, -0.1) is 0 Å². The molecule has 180 valence electrons. The monoisotopic (exact) mass is 491 g/mol. The number of ether oxygens (including phenoxy) is 1. The van der Waals surface area contributed by atoms with Crippen LogP contribution in [0, 0.1) is 13.8 Å². The van der Waals surface area contributed by atoms with Crippen molar-refractivity contribution in [3.63, 3.8) is 0 Å².